The molecule has 0 aliphatic heterocycles. The smallest absolute Gasteiger partial charge is 0.168 e. The molecule has 1 aromatic carbocycles. The first-order valence-electron chi connectivity index (χ1n) is 8.82. The van der Waals surface area contributed by atoms with Crippen LogP contribution in [0.3, 0.4) is 0 Å². The first-order valence-corrected chi connectivity index (χ1v) is 8.82. The fraction of sp³-hybridized carbons (Fsp3) is 0.500. The maximum absolute atomic E-state index is 14.4. The molecule has 0 atom stereocenters. The Kier molecular flexibility index (Phi) is 5.22. The van der Waals surface area contributed by atoms with Crippen LogP contribution in [0.25, 0.3) is 11.3 Å². The van der Waals surface area contributed by atoms with Crippen molar-refractivity contribution in [1.29, 1.82) is 0 Å². The average molecular weight is 330 g/mol. The highest BCUT2D eigenvalue weighted by molar-refractivity contribution is 5.60. The van der Waals surface area contributed by atoms with E-state index in [0.717, 1.165) is 18.0 Å². The van der Waals surface area contributed by atoms with Gasteiger partial charge in [-0.05, 0) is 55.4 Å². The molecule has 24 heavy (non-hydrogen) atoms. The molecule has 0 radical (unpaired) electrons. The van der Waals surface area contributed by atoms with Crippen LogP contribution in [0.4, 0.5) is 8.78 Å². The lowest BCUT2D eigenvalue weighted by molar-refractivity contribution is 0.277. The van der Waals surface area contributed by atoms with Gasteiger partial charge in [-0.3, -0.25) is 0 Å². The molecule has 4 heteroatoms. The molecule has 1 aliphatic rings. The summed E-state index contributed by atoms with van der Waals surface area (Å²) in [4.78, 5) is 0. The van der Waals surface area contributed by atoms with Gasteiger partial charge in [-0.15, -0.1) is 0 Å². The van der Waals surface area contributed by atoms with E-state index in [1.165, 1.54) is 25.7 Å². The normalized spacial score (nSPS) is 21.0. The quantitative estimate of drug-likeness (QED) is 0.741. The summed E-state index contributed by atoms with van der Waals surface area (Å²) in [7, 11) is 0. The molecule has 1 aromatic heterocycles. The van der Waals surface area contributed by atoms with Crippen molar-refractivity contribution >= 4 is 0 Å². The van der Waals surface area contributed by atoms with Gasteiger partial charge in [-0.2, -0.15) is 10.2 Å². The molecule has 2 aromatic rings. The maximum atomic E-state index is 14.4. The summed E-state index contributed by atoms with van der Waals surface area (Å²) < 4.78 is 28.8. The molecule has 1 aliphatic carbocycles. The molecule has 1 heterocycles. The van der Waals surface area contributed by atoms with Gasteiger partial charge in [-0.1, -0.05) is 38.7 Å². The molecular formula is C20H24F2N2. The first kappa shape index (κ1) is 17.0. The Morgan fingerprint density at radius 2 is 1.71 bits per heavy atom. The molecule has 0 unspecified atom stereocenters. The molecule has 1 fully saturated rings. The van der Waals surface area contributed by atoms with Crippen LogP contribution in [0, 0.1) is 30.4 Å². The predicted molar refractivity (Wildman–Crippen MR) is 91.6 cm³/mol. The summed E-state index contributed by atoms with van der Waals surface area (Å²) >= 11 is 0. The highest BCUT2D eigenvalue weighted by atomic mass is 19.2. The van der Waals surface area contributed by atoms with Crippen molar-refractivity contribution in [3.8, 4) is 11.3 Å². The van der Waals surface area contributed by atoms with Crippen molar-refractivity contribution in [2.24, 2.45) is 11.8 Å². The van der Waals surface area contributed by atoms with E-state index in [9.17, 15) is 8.78 Å². The van der Waals surface area contributed by atoms with E-state index in [0.29, 0.717) is 23.6 Å². The highest BCUT2D eigenvalue weighted by Gasteiger charge is 2.20. The second-order valence-corrected chi connectivity index (χ2v) is 7.12. The second-order valence-electron chi connectivity index (χ2n) is 7.12. The van der Waals surface area contributed by atoms with Gasteiger partial charge in [0, 0.05) is 5.56 Å². The zero-order valence-electron chi connectivity index (χ0n) is 14.4. The summed E-state index contributed by atoms with van der Waals surface area (Å²) in [5.74, 6) is -0.0985. The van der Waals surface area contributed by atoms with Crippen LogP contribution in [-0.4, -0.2) is 10.2 Å². The van der Waals surface area contributed by atoms with Gasteiger partial charge >= 0.3 is 0 Å². The van der Waals surface area contributed by atoms with Crippen LogP contribution >= 0.6 is 0 Å². The zero-order valence-corrected chi connectivity index (χ0v) is 14.4. The van der Waals surface area contributed by atoms with E-state index in [-0.39, 0.29) is 5.56 Å². The molecule has 1 saturated carbocycles. The van der Waals surface area contributed by atoms with Gasteiger partial charge in [0.25, 0.3) is 0 Å². The highest BCUT2D eigenvalue weighted by Crippen LogP contribution is 2.32. The van der Waals surface area contributed by atoms with Crippen molar-refractivity contribution in [1.82, 2.24) is 10.2 Å². The predicted octanol–water partition coefficient (Wildman–Crippen LogP) is 5.49. The van der Waals surface area contributed by atoms with E-state index in [1.807, 2.05) is 6.92 Å². The first-order chi connectivity index (χ1) is 11.5. The van der Waals surface area contributed by atoms with Crippen LogP contribution in [-0.2, 0) is 6.42 Å². The Bertz CT molecular complexity index is 690. The van der Waals surface area contributed by atoms with Gasteiger partial charge in [0.1, 0.15) is 0 Å². The zero-order chi connectivity index (χ0) is 17.1. The summed E-state index contributed by atoms with van der Waals surface area (Å²) in [6.07, 6.45) is 6.47. The lowest BCUT2D eigenvalue weighted by Gasteiger charge is -2.26. The van der Waals surface area contributed by atoms with Crippen LogP contribution in [0.2, 0.25) is 0 Å². The van der Waals surface area contributed by atoms with Crippen molar-refractivity contribution in [2.75, 3.05) is 0 Å². The monoisotopic (exact) mass is 330 g/mol. The summed E-state index contributed by atoms with van der Waals surface area (Å²) in [6.45, 7) is 4.10. The van der Waals surface area contributed by atoms with E-state index in [4.69, 9.17) is 0 Å². The number of nitrogens with zero attached hydrogens (tertiary/aromatic N) is 2. The van der Waals surface area contributed by atoms with E-state index >= 15 is 0 Å². The molecule has 0 amide bonds. The van der Waals surface area contributed by atoms with Gasteiger partial charge in [0.2, 0.25) is 0 Å². The van der Waals surface area contributed by atoms with Crippen molar-refractivity contribution in [3.63, 3.8) is 0 Å². The molecule has 3 rings (SSSR count). The van der Waals surface area contributed by atoms with Crippen molar-refractivity contribution in [2.45, 2.75) is 52.4 Å². The molecular weight excluding hydrogens is 306 g/mol. The number of rotatable bonds is 4. The summed E-state index contributed by atoms with van der Waals surface area (Å²) in [5, 5.41) is 7.86. The third kappa shape index (κ3) is 3.80. The van der Waals surface area contributed by atoms with Crippen molar-refractivity contribution in [3.05, 3.63) is 47.2 Å². The van der Waals surface area contributed by atoms with E-state index < -0.39 is 11.6 Å². The minimum absolute atomic E-state index is 0.176. The second kappa shape index (κ2) is 7.37. The topological polar surface area (TPSA) is 25.8 Å². The fourth-order valence-corrected chi connectivity index (χ4v) is 3.50. The average Bonchev–Trinajstić information content (AvgIpc) is 2.59. The van der Waals surface area contributed by atoms with Gasteiger partial charge in [0.15, 0.2) is 11.6 Å². The minimum Gasteiger partial charge on any atom is -0.203 e. The lowest BCUT2D eigenvalue weighted by atomic mass is 9.80. The number of aromatic nitrogens is 2. The molecule has 128 valence electrons. The number of halogens is 2. The Morgan fingerprint density at radius 3 is 2.38 bits per heavy atom. The van der Waals surface area contributed by atoms with Crippen molar-refractivity contribution < 1.29 is 8.78 Å². The van der Waals surface area contributed by atoms with Crippen LogP contribution < -0.4 is 0 Å². The SMILES string of the molecule is Cc1ccc(-c2ccc(CCC3CCC(C)CC3)c(F)c2F)nn1. The summed E-state index contributed by atoms with van der Waals surface area (Å²) in [5.41, 5.74) is 1.76. The number of benzene rings is 1. The third-order valence-electron chi connectivity index (χ3n) is 5.19. The minimum atomic E-state index is -0.817. The van der Waals surface area contributed by atoms with Gasteiger partial charge < -0.3 is 0 Å². The molecule has 0 bridgehead atoms. The van der Waals surface area contributed by atoms with Gasteiger partial charge in [-0.25, -0.2) is 8.78 Å². The number of aryl methyl sites for hydroxylation is 2. The van der Waals surface area contributed by atoms with E-state index in [1.54, 1.807) is 24.3 Å². The molecule has 2 nitrogen and oxygen atoms in total. The standard InChI is InChI=1S/C20H24F2N2/c1-13-3-6-15(7-4-13)8-9-16-10-11-17(20(22)19(16)21)18-12-5-14(2)23-24-18/h5,10-13,15H,3-4,6-9H2,1-2H3. The Balaban J connectivity index is 1.71. The Labute approximate surface area is 142 Å². The third-order valence-corrected chi connectivity index (χ3v) is 5.19. The lowest BCUT2D eigenvalue weighted by Crippen LogP contribution is -2.13. The molecule has 0 N–H and O–H groups in total. The summed E-state index contributed by atoms with van der Waals surface area (Å²) in [6, 6.07) is 6.73. The number of hydrogen-bond donors (Lipinski definition) is 0. The van der Waals surface area contributed by atoms with Crippen LogP contribution in [0.15, 0.2) is 24.3 Å². The number of hydrogen-bond acceptors (Lipinski definition) is 2. The largest absolute Gasteiger partial charge is 0.203 e. The van der Waals surface area contributed by atoms with Gasteiger partial charge in [0.05, 0.1) is 11.4 Å². The Morgan fingerprint density at radius 1 is 0.958 bits per heavy atom. The van der Waals surface area contributed by atoms with Crippen LogP contribution in [0.1, 0.15) is 50.3 Å². The molecule has 0 saturated heterocycles. The maximum Gasteiger partial charge on any atom is 0.168 e. The van der Waals surface area contributed by atoms with E-state index in [2.05, 4.69) is 17.1 Å². The molecule has 0 spiro atoms. The fourth-order valence-electron chi connectivity index (χ4n) is 3.50. The van der Waals surface area contributed by atoms with Crippen LogP contribution in [0.5, 0.6) is 0 Å². The Hall–Kier alpha value is -1.84.